The first-order valence-corrected chi connectivity index (χ1v) is 5.79. The molecular weight excluding hydrogens is 190 g/mol. The summed E-state index contributed by atoms with van der Waals surface area (Å²) in [4.78, 5) is 13.8. The second-order valence-corrected chi connectivity index (χ2v) is 5.59. The van der Waals surface area contributed by atoms with Crippen LogP contribution in [0.4, 0.5) is 0 Å². The van der Waals surface area contributed by atoms with E-state index in [1.807, 2.05) is 27.8 Å². The minimum atomic E-state index is -0.355. The number of amides is 1. The summed E-state index contributed by atoms with van der Waals surface area (Å²) < 4.78 is 0. The summed E-state index contributed by atoms with van der Waals surface area (Å²) in [5.41, 5.74) is -0.355. The van der Waals surface area contributed by atoms with Gasteiger partial charge in [-0.25, -0.2) is 0 Å². The largest absolute Gasteiger partial charge is 0.391 e. The Morgan fingerprint density at radius 3 is 2.27 bits per heavy atom. The van der Waals surface area contributed by atoms with E-state index in [1.165, 1.54) is 0 Å². The van der Waals surface area contributed by atoms with Crippen LogP contribution in [0.25, 0.3) is 0 Å². The highest BCUT2D eigenvalue weighted by Gasteiger charge is 2.33. The van der Waals surface area contributed by atoms with E-state index in [4.69, 9.17) is 0 Å². The summed E-state index contributed by atoms with van der Waals surface area (Å²) >= 11 is 0. The molecule has 0 bridgehead atoms. The second-order valence-electron chi connectivity index (χ2n) is 5.59. The minimum absolute atomic E-state index is 0.0190. The molecular formula is C12H23NO2. The highest BCUT2D eigenvalue weighted by atomic mass is 16.3. The zero-order valence-electron chi connectivity index (χ0n) is 10.3. The van der Waals surface area contributed by atoms with E-state index in [9.17, 15) is 9.90 Å². The van der Waals surface area contributed by atoms with Gasteiger partial charge in [0, 0.05) is 12.5 Å². The molecule has 0 aromatic carbocycles. The number of aliphatic hydroxyl groups excluding tert-OH is 1. The third-order valence-corrected chi connectivity index (χ3v) is 3.15. The molecule has 88 valence electrons. The van der Waals surface area contributed by atoms with Crippen molar-refractivity contribution in [3.63, 3.8) is 0 Å². The smallest absolute Gasteiger partial charge is 0.228 e. The molecule has 0 aromatic heterocycles. The van der Waals surface area contributed by atoms with E-state index in [1.54, 1.807) is 4.90 Å². The molecule has 0 heterocycles. The maximum absolute atomic E-state index is 12.0. The Kier molecular flexibility index (Phi) is 3.77. The van der Waals surface area contributed by atoms with E-state index >= 15 is 0 Å². The molecule has 1 amide bonds. The first kappa shape index (κ1) is 12.5. The van der Waals surface area contributed by atoms with Crippen molar-refractivity contribution in [2.24, 2.45) is 5.41 Å². The van der Waals surface area contributed by atoms with Crippen molar-refractivity contribution in [1.29, 1.82) is 0 Å². The molecule has 1 fully saturated rings. The van der Waals surface area contributed by atoms with E-state index in [0.29, 0.717) is 0 Å². The molecule has 0 aromatic rings. The van der Waals surface area contributed by atoms with Crippen LogP contribution >= 0.6 is 0 Å². The summed E-state index contributed by atoms with van der Waals surface area (Å²) in [6, 6.07) is 0.0190. The quantitative estimate of drug-likeness (QED) is 0.721. The molecule has 2 atom stereocenters. The van der Waals surface area contributed by atoms with Crippen molar-refractivity contribution in [3.05, 3.63) is 0 Å². The number of aliphatic hydroxyl groups is 1. The molecule has 0 aliphatic heterocycles. The lowest BCUT2D eigenvalue weighted by Crippen LogP contribution is -2.49. The topological polar surface area (TPSA) is 40.5 Å². The van der Waals surface area contributed by atoms with Crippen LogP contribution in [0.1, 0.15) is 46.5 Å². The molecule has 1 rings (SSSR count). The Labute approximate surface area is 92.5 Å². The van der Waals surface area contributed by atoms with Crippen LogP contribution in [-0.4, -0.2) is 35.1 Å². The van der Waals surface area contributed by atoms with Gasteiger partial charge in [0.1, 0.15) is 0 Å². The molecule has 0 saturated heterocycles. The Balaban J connectivity index is 2.66. The van der Waals surface area contributed by atoms with Crippen molar-refractivity contribution >= 4 is 5.91 Å². The standard InChI is InChI=1S/C12H23NO2/c1-12(2,3)11(15)13(4)9-7-5-6-8-10(9)14/h9-10,14H,5-8H2,1-4H3/t9-,10-/m0/s1. The van der Waals surface area contributed by atoms with Crippen molar-refractivity contribution < 1.29 is 9.90 Å². The van der Waals surface area contributed by atoms with Crippen molar-refractivity contribution in [1.82, 2.24) is 4.90 Å². The Hall–Kier alpha value is -0.570. The molecule has 15 heavy (non-hydrogen) atoms. The first-order chi connectivity index (χ1) is 6.84. The Morgan fingerprint density at radius 1 is 1.27 bits per heavy atom. The monoisotopic (exact) mass is 213 g/mol. The highest BCUT2D eigenvalue weighted by molar-refractivity contribution is 5.81. The van der Waals surface area contributed by atoms with Gasteiger partial charge in [-0.2, -0.15) is 0 Å². The molecule has 0 unspecified atom stereocenters. The van der Waals surface area contributed by atoms with Gasteiger partial charge in [0.15, 0.2) is 0 Å². The number of nitrogens with zero attached hydrogens (tertiary/aromatic N) is 1. The van der Waals surface area contributed by atoms with Gasteiger partial charge < -0.3 is 10.0 Å². The zero-order valence-corrected chi connectivity index (χ0v) is 10.3. The lowest BCUT2D eigenvalue weighted by molar-refractivity contribution is -0.143. The van der Waals surface area contributed by atoms with Gasteiger partial charge >= 0.3 is 0 Å². The van der Waals surface area contributed by atoms with Gasteiger partial charge in [-0.05, 0) is 12.8 Å². The number of likely N-dealkylation sites (N-methyl/N-ethyl adjacent to an activating group) is 1. The van der Waals surface area contributed by atoms with Crippen LogP contribution in [-0.2, 0) is 4.79 Å². The van der Waals surface area contributed by atoms with Gasteiger partial charge in [0.25, 0.3) is 0 Å². The van der Waals surface area contributed by atoms with Crippen LogP contribution in [0.2, 0.25) is 0 Å². The number of carbonyl (C=O) groups is 1. The van der Waals surface area contributed by atoms with Crippen LogP contribution in [0.5, 0.6) is 0 Å². The number of carbonyl (C=O) groups excluding carboxylic acids is 1. The molecule has 0 spiro atoms. The van der Waals surface area contributed by atoms with Gasteiger partial charge in [-0.15, -0.1) is 0 Å². The summed E-state index contributed by atoms with van der Waals surface area (Å²) in [5, 5.41) is 9.86. The number of rotatable bonds is 1. The fourth-order valence-corrected chi connectivity index (χ4v) is 2.22. The van der Waals surface area contributed by atoms with Crippen LogP contribution in [0, 0.1) is 5.41 Å². The van der Waals surface area contributed by atoms with Gasteiger partial charge in [-0.1, -0.05) is 33.6 Å². The molecule has 1 aliphatic rings. The van der Waals surface area contributed by atoms with Crippen LogP contribution in [0.15, 0.2) is 0 Å². The predicted octanol–water partition coefficient (Wildman–Crippen LogP) is 1.79. The normalized spacial score (nSPS) is 27.5. The summed E-state index contributed by atoms with van der Waals surface area (Å²) in [6.07, 6.45) is 3.61. The minimum Gasteiger partial charge on any atom is -0.391 e. The van der Waals surface area contributed by atoms with Crippen molar-refractivity contribution in [3.8, 4) is 0 Å². The second kappa shape index (κ2) is 4.52. The Bertz CT molecular complexity index is 232. The third-order valence-electron chi connectivity index (χ3n) is 3.15. The SMILES string of the molecule is CN(C(=O)C(C)(C)C)[C@H]1CCCC[C@@H]1O. The van der Waals surface area contributed by atoms with Crippen LogP contribution < -0.4 is 0 Å². The Morgan fingerprint density at radius 2 is 1.80 bits per heavy atom. The lowest BCUT2D eigenvalue weighted by atomic mass is 9.88. The third kappa shape index (κ3) is 2.94. The predicted molar refractivity (Wildman–Crippen MR) is 60.5 cm³/mol. The van der Waals surface area contributed by atoms with E-state index in [0.717, 1.165) is 25.7 Å². The summed E-state index contributed by atoms with van der Waals surface area (Å²) in [5.74, 6) is 0.119. The first-order valence-electron chi connectivity index (χ1n) is 5.79. The fourth-order valence-electron chi connectivity index (χ4n) is 2.22. The number of hydrogen-bond acceptors (Lipinski definition) is 2. The molecule has 3 nitrogen and oxygen atoms in total. The van der Waals surface area contributed by atoms with E-state index in [-0.39, 0.29) is 23.5 Å². The average Bonchev–Trinajstić information content (AvgIpc) is 2.15. The van der Waals surface area contributed by atoms with E-state index < -0.39 is 0 Å². The lowest BCUT2D eigenvalue weighted by Gasteiger charge is -2.38. The highest BCUT2D eigenvalue weighted by Crippen LogP contribution is 2.26. The maximum Gasteiger partial charge on any atom is 0.228 e. The zero-order chi connectivity index (χ0) is 11.6. The fraction of sp³-hybridized carbons (Fsp3) is 0.917. The van der Waals surface area contributed by atoms with Gasteiger partial charge in [0.2, 0.25) is 5.91 Å². The van der Waals surface area contributed by atoms with Crippen molar-refractivity contribution in [2.75, 3.05) is 7.05 Å². The average molecular weight is 213 g/mol. The molecule has 1 N–H and O–H groups in total. The van der Waals surface area contributed by atoms with Gasteiger partial charge in [0.05, 0.1) is 12.1 Å². The van der Waals surface area contributed by atoms with Crippen molar-refractivity contribution in [2.45, 2.75) is 58.6 Å². The molecule has 1 saturated carbocycles. The summed E-state index contributed by atoms with van der Waals surface area (Å²) in [7, 11) is 1.81. The van der Waals surface area contributed by atoms with Gasteiger partial charge in [-0.3, -0.25) is 4.79 Å². The maximum atomic E-state index is 12.0. The number of hydrogen-bond donors (Lipinski definition) is 1. The van der Waals surface area contributed by atoms with E-state index in [2.05, 4.69) is 0 Å². The van der Waals surface area contributed by atoms with Crippen LogP contribution in [0.3, 0.4) is 0 Å². The molecule has 3 heteroatoms. The summed E-state index contributed by atoms with van der Waals surface area (Å²) in [6.45, 7) is 5.75. The molecule has 0 radical (unpaired) electrons. The molecule has 1 aliphatic carbocycles.